The highest BCUT2D eigenvalue weighted by molar-refractivity contribution is 14.0. The van der Waals surface area contributed by atoms with Gasteiger partial charge in [-0.25, -0.2) is 0 Å². The predicted molar refractivity (Wildman–Crippen MR) is 116 cm³/mol. The smallest absolute Gasteiger partial charge is 0.269 e. The van der Waals surface area contributed by atoms with Gasteiger partial charge in [-0.05, 0) is 31.4 Å². The van der Waals surface area contributed by atoms with E-state index in [1.807, 2.05) is 0 Å². The summed E-state index contributed by atoms with van der Waals surface area (Å²) in [6.45, 7) is 5.55. The summed E-state index contributed by atoms with van der Waals surface area (Å²) in [5, 5.41) is 17.2. The first-order chi connectivity index (χ1) is 12.0. The second kappa shape index (κ2) is 10.7. The second-order valence-corrected chi connectivity index (χ2v) is 6.02. The molecule has 0 unspecified atom stereocenters. The Morgan fingerprint density at radius 3 is 2.19 bits per heavy atom. The zero-order valence-corrected chi connectivity index (χ0v) is 17.6. The molecule has 0 bridgehead atoms. The average molecular weight is 468 g/mol. The van der Waals surface area contributed by atoms with Crippen molar-refractivity contribution in [3.8, 4) is 0 Å². The Morgan fingerprint density at radius 1 is 1.04 bits per heavy atom. The number of halogens is 1. The minimum Gasteiger partial charge on any atom is -0.356 e. The van der Waals surface area contributed by atoms with E-state index in [-0.39, 0.29) is 29.7 Å². The van der Waals surface area contributed by atoms with Crippen LogP contribution in [0.5, 0.6) is 0 Å². The summed E-state index contributed by atoms with van der Waals surface area (Å²) >= 11 is 0. The number of aryl methyl sites for hydroxylation is 2. The molecule has 0 radical (unpaired) electrons. The molecule has 0 aliphatic heterocycles. The van der Waals surface area contributed by atoms with Gasteiger partial charge in [-0.2, -0.15) is 0 Å². The largest absolute Gasteiger partial charge is 0.356 e. The lowest BCUT2D eigenvalue weighted by Gasteiger charge is -2.12. The van der Waals surface area contributed by atoms with Crippen molar-refractivity contribution in [2.24, 2.45) is 4.99 Å². The molecule has 0 fully saturated rings. The molecule has 2 aromatic carbocycles. The number of nitro groups is 1. The maximum atomic E-state index is 10.7. The van der Waals surface area contributed by atoms with Crippen LogP contribution in [-0.2, 0) is 13.0 Å². The third-order valence-corrected chi connectivity index (χ3v) is 3.82. The average Bonchev–Trinajstić information content (AvgIpc) is 2.57. The summed E-state index contributed by atoms with van der Waals surface area (Å²) in [6.07, 6.45) is 0.917. The highest BCUT2D eigenvalue weighted by atomic mass is 127. The normalized spacial score (nSPS) is 10.8. The van der Waals surface area contributed by atoms with E-state index in [1.54, 1.807) is 19.2 Å². The van der Waals surface area contributed by atoms with Crippen LogP contribution in [0.15, 0.2) is 47.5 Å². The van der Waals surface area contributed by atoms with Gasteiger partial charge in [0.25, 0.3) is 5.69 Å². The molecule has 2 aromatic rings. The zero-order valence-electron chi connectivity index (χ0n) is 15.3. The second-order valence-electron chi connectivity index (χ2n) is 6.02. The minimum absolute atomic E-state index is 0. The standard InChI is InChI=1S/C19H24N4O2.HI/c1-14-10-15(2)12-17(11-14)8-9-21-19(20-3)22-13-16-4-6-18(7-5-16)23(24)25;/h4-7,10-12H,8-9,13H2,1-3H3,(H2,20,21,22);1H. The Morgan fingerprint density at radius 2 is 1.65 bits per heavy atom. The first-order valence-corrected chi connectivity index (χ1v) is 8.23. The van der Waals surface area contributed by atoms with Crippen molar-refractivity contribution in [2.75, 3.05) is 13.6 Å². The summed E-state index contributed by atoms with van der Waals surface area (Å²) in [5.41, 5.74) is 4.91. The molecule has 0 amide bonds. The van der Waals surface area contributed by atoms with Crippen LogP contribution in [0.2, 0.25) is 0 Å². The number of nitrogens with zero attached hydrogens (tertiary/aromatic N) is 2. The molecule has 0 atom stereocenters. The molecule has 0 aliphatic carbocycles. The molecule has 140 valence electrons. The highest BCUT2D eigenvalue weighted by Gasteiger charge is 2.04. The third kappa shape index (κ3) is 6.99. The van der Waals surface area contributed by atoms with E-state index < -0.39 is 4.92 Å². The number of hydrogen-bond donors (Lipinski definition) is 2. The molecular weight excluding hydrogens is 443 g/mol. The summed E-state index contributed by atoms with van der Waals surface area (Å²) in [7, 11) is 1.72. The van der Waals surface area contributed by atoms with Crippen LogP contribution in [0.3, 0.4) is 0 Å². The number of aliphatic imine (C=N–C) groups is 1. The van der Waals surface area contributed by atoms with Crippen LogP contribution in [0.4, 0.5) is 5.69 Å². The summed E-state index contributed by atoms with van der Waals surface area (Å²) in [5.74, 6) is 0.711. The molecule has 7 heteroatoms. The van der Waals surface area contributed by atoms with Gasteiger partial charge in [-0.15, -0.1) is 24.0 Å². The van der Waals surface area contributed by atoms with Gasteiger partial charge in [-0.3, -0.25) is 15.1 Å². The van der Waals surface area contributed by atoms with Crippen LogP contribution >= 0.6 is 24.0 Å². The molecule has 0 aromatic heterocycles. The molecule has 0 saturated heterocycles. The van der Waals surface area contributed by atoms with Gasteiger partial charge in [0.15, 0.2) is 5.96 Å². The van der Waals surface area contributed by atoms with Gasteiger partial charge < -0.3 is 10.6 Å². The van der Waals surface area contributed by atoms with Gasteiger partial charge >= 0.3 is 0 Å². The Kier molecular flexibility index (Phi) is 9.04. The van der Waals surface area contributed by atoms with E-state index in [4.69, 9.17) is 0 Å². The molecule has 0 aliphatic rings. The molecule has 6 nitrogen and oxygen atoms in total. The van der Waals surface area contributed by atoms with Gasteiger partial charge in [-0.1, -0.05) is 41.5 Å². The topological polar surface area (TPSA) is 79.6 Å². The number of rotatable bonds is 6. The number of benzene rings is 2. The third-order valence-electron chi connectivity index (χ3n) is 3.82. The van der Waals surface area contributed by atoms with Gasteiger partial charge in [0.1, 0.15) is 0 Å². The van der Waals surface area contributed by atoms with Crippen LogP contribution < -0.4 is 10.6 Å². The fourth-order valence-electron chi connectivity index (χ4n) is 2.68. The number of nitrogens with one attached hydrogen (secondary N) is 2. The Bertz CT molecular complexity index is 740. The maximum Gasteiger partial charge on any atom is 0.269 e. The van der Waals surface area contributed by atoms with Gasteiger partial charge in [0.2, 0.25) is 0 Å². The van der Waals surface area contributed by atoms with Crippen molar-refractivity contribution in [1.82, 2.24) is 10.6 Å². The first kappa shape index (κ1) is 21.9. The van der Waals surface area contributed by atoms with E-state index in [0.29, 0.717) is 12.5 Å². The molecule has 0 heterocycles. The summed E-state index contributed by atoms with van der Waals surface area (Å²) < 4.78 is 0. The predicted octanol–water partition coefficient (Wildman–Crippen LogP) is 3.74. The van der Waals surface area contributed by atoms with Crippen molar-refractivity contribution < 1.29 is 4.92 Å². The maximum absolute atomic E-state index is 10.7. The molecular formula is C19H25IN4O2. The number of hydrogen-bond acceptors (Lipinski definition) is 3. The summed E-state index contributed by atoms with van der Waals surface area (Å²) in [6, 6.07) is 13.1. The van der Waals surface area contributed by atoms with Crippen molar-refractivity contribution in [2.45, 2.75) is 26.8 Å². The van der Waals surface area contributed by atoms with E-state index in [1.165, 1.54) is 28.8 Å². The van der Waals surface area contributed by atoms with Crippen molar-refractivity contribution >= 4 is 35.6 Å². The monoisotopic (exact) mass is 468 g/mol. The molecule has 2 N–H and O–H groups in total. The molecule has 0 spiro atoms. The molecule has 0 saturated carbocycles. The van der Waals surface area contributed by atoms with Gasteiger partial charge in [0, 0.05) is 32.3 Å². The van der Waals surface area contributed by atoms with Crippen LogP contribution in [0.1, 0.15) is 22.3 Å². The quantitative estimate of drug-likeness (QED) is 0.223. The number of non-ortho nitro benzene ring substituents is 1. The van der Waals surface area contributed by atoms with Crippen LogP contribution in [0.25, 0.3) is 0 Å². The number of nitro benzene ring substituents is 1. The molecule has 2 rings (SSSR count). The Balaban J connectivity index is 0.00000338. The highest BCUT2D eigenvalue weighted by Crippen LogP contribution is 2.11. The lowest BCUT2D eigenvalue weighted by atomic mass is 10.1. The zero-order chi connectivity index (χ0) is 18.2. The van der Waals surface area contributed by atoms with Crippen molar-refractivity contribution in [1.29, 1.82) is 0 Å². The Hall–Kier alpha value is -2.16. The van der Waals surface area contributed by atoms with Gasteiger partial charge in [0.05, 0.1) is 4.92 Å². The lowest BCUT2D eigenvalue weighted by molar-refractivity contribution is -0.384. The molecule has 26 heavy (non-hydrogen) atoms. The Labute approximate surface area is 171 Å². The fraction of sp³-hybridized carbons (Fsp3) is 0.316. The lowest BCUT2D eigenvalue weighted by Crippen LogP contribution is -2.37. The van der Waals surface area contributed by atoms with E-state index in [2.05, 4.69) is 47.7 Å². The first-order valence-electron chi connectivity index (χ1n) is 8.23. The van der Waals surface area contributed by atoms with Crippen LogP contribution in [-0.4, -0.2) is 24.5 Å². The SMILES string of the molecule is CN=C(NCCc1cc(C)cc(C)c1)NCc1ccc([N+](=O)[O-])cc1.I. The van der Waals surface area contributed by atoms with E-state index in [0.717, 1.165) is 18.5 Å². The van der Waals surface area contributed by atoms with E-state index in [9.17, 15) is 10.1 Å². The van der Waals surface area contributed by atoms with Crippen molar-refractivity contribution in [3.63, 3.8) is 0 Å². The minimum atomic E-state index is -0.398. The fourth-order valence-corrected chi connectivity index (χ4v) is 2.68. The van der Waals surface area contributed by atoms with E-state index >= 15 is 0 Å². The number of guanidine groups is 1. The van der Waals surface area contributed by atoms with Crippen molar-refractivity contribution in [3.05, 3.63) is 74.8 Å². The van der Waals surface area contributed by atoms with Crippen LogP contribution in [0, 0.1) is 24.0 Å². The summed E-state index contributed by atoms with van der Waals surface area (Å²) in [4.78, 5) is 14.5.